The van der Waals surface area contributed by atoms with Crippen molar-refractivity contribution in [2.45, 2.75) is 12.5 Å². The topological polar surface area (TPSA) is 29.4 Å². The third-order valence-corrected chi connectivity index (χ3v) is 1.43. The van der Waals surface area contributed by atoms with E-state index in [9.17, 15) is 0 Å². The van der Waals surface area contributed by atoms with Crippen LogP contribution in [0.5, 0.6) is 0 Å². The van der Waals surface area contributed by atoms with Crippen molar-refractivity contribution >= 4 is 0 Å². The van der Waals surface area contributed by atoms with Gasteiger partial charge in [-0.1, -0.05) is 0 Å². The summed E-state index contributed by atoms with van der Waals surface area (Å²) in [6.07, 6.45) is 1.19. The van der Waals surface area contributed by atoms with Gasteiger partial charge in [-0.3, -0.25) is 10.4 Å². The Morgan fingerprint density at radius 1 is 1.56 bits per heavy atom. The highest BCUT2D eigenvalue weighted by Gasteiger charge is 2.14. The lowest BCUT2D eigenvalue weighted by molar-refractivity contribution is 0.249. The van der Waals surface area contributed by atoms with Crippen LogP contribution in [0.2, 0.25) is 0 Å². The lowest BCUT2D eigenvalue weighted by Crippen LogP contribution is -2.40. The van der Waals surface area contributed by atoms with E-state index in [0.29, 0.717) is 6.04 Å². The first kappa shape index (κ1) is 6.99. The summed E-state index contributed by atoms with van der Waals surface area (Å²) >= 11 is 0. The van der Waals surface area contributed by atoms with E-state index in [1.54, 1.807) is 0 Å². The van der Waals surface area contributed by atoms with E-state index in [1.165, 1.54) is 6.42 Å². The van der Waals surface area contributed by atoms with E-state index in [-0.39, 0.29) is 0 Å². The lowest BCUT2D eigenvalue weighted by Gasteiger charge is -2.16. The molecule has 0 aliphatic carbocycles. The number of hydrazine groups is 1. The normalized spacial score (nSPS) is 27.7. The number of rotatable bonds is 2. The summed E-state index contributed by atoms with van der Waals surface area (Å²) in [4.78, 5) is 0. The number of nitrogens with zero attached hydrogens (tertiary/aromatic N) is 2. The molecule has 1 radical (unpaired) electrons. The minimum Gasteiger partial charge on any atom is -0.251 e. The summed E-state index contributed by atoms with van der Waals surface area (Å²) in [6, 6.07) is 0.597. The zero-order chi connectivity index (χ0) is 6.69. The van der Waals surface area contributed by atoms with Crippen molar-refractivity contribution < 1.29 is 0 Å². The second kappa shape index (κ2) is 3.15. The van der Waals surface area contributed by atoms with Crippen LogP contribution in [0.15, 0.2) is 0 Å². The van der Waals surface area contributed by atoms with Crippen LogP contribution in [0.1, 0.15) is 6.42 Å². The van der Waals surface area contributed by atoms with Gasteiger partial charge in [-0.05, 0) is 6.42 Å². The summed E-state index contributed by atoms with van der Waals surface area (Å²) in [6.45, 7) is 2.02. The van der Waals surface area contributed by atoms with Gasteiger partial charge in [0.2, 0.25) is 0 Å². The van der Waals surface area contributed by atoms with Crippen molar-refractivity contribution in [1.82, 2.24) is 15.8 Å². The van der Waals surface area contributed by atoms with E-state index in [4.69, 9.17) is 0 Å². The summed E-state index contributed by atoms with van der Waals surface area (Å²) in [5.41, 5.74) is 3.28. The van der Waals surface area contributed by atoms with E-state index in [0.717, 1.165) is 13.1 Å². The summed E-state index contributed by atoms with van der Waals surface area (Å²) < 4.78 is 0. The highest BCUT2D eigenvalue weighted by Crippen LogP contribution is 1.97. The van der Waals surface area contributed by atoms with Crippen molar-refractivity contribution in [2.75, 3.05) is 27.2 Å². The van der Waals surface area contributed by atoms with Gasteiger partial charge < -0.3 is 0 Å². The summed E-state index contributed by atoms with van der Waals surface area (Å²) in [5, 5.41) is 6.22. The van der Waals surface area contributed by atoms with Gasteiger partial charge in [0.1, 0.15) is 0 Å². The van der Waals surface area contributed by atoms with Gasteiger partial charge in [0.05, 0.1) is 0 Å². The Kier molecular flexibility index (Phi) is 2.45. The van der Waals surface area contributed by atoms with Gasteiger partial charge in [-0.25, -0.2) is 5.32 Å². The SMILES string of the molecule is CN(C)NC1CC[N]C1. The van der Waals surface area contributed by atoms with Crippen LogP contribution in [0, 0.1) is 0 Å². The van der Waals surface area contributed by atoms with Crippen molar-refractivity contribution in [3.8, 4) is 0 Å². The first-order valence-electron chi connectivity index (χ1n) is 3.36. The molecule has 0 aromatic heterocycles. The molecular formula is C6H14N3. The fourth-order valence-electron chi connectivity index (χ4n) is 1.06. The molecule has 1 heterocycles. The Hall–Kier alpha value is -0.120. The maximum atomic E-state index is 4.23. The molecule has 1 rings (SSSR count). The molecule has 1 fully saturated rings. The molecule has 0 aromatic carbocycles. The molecule has 1 N–H and O–H groups in total. The van der Waals surface area contributed by atoms with Gasteiger partial charge in [0.15, 0.2) is 0 Å². The Labute approximate surface area is 56.4 Å². The van der Waals surface area contributed by atoms with E-state index in [1.807, 2.05) is 19.1 Å². The van der Waals surface area contributed by atoms with Gasteiger partial charge in [0.25, 0.3) is 0 Å². The van der Waals surface area contributed by atoms with Crippen molar-refractivity contribution in [1.29, 1.82) is 0 Å². The van der Waals surface area contributed by atoms with Crippen molar-refractivity contribution in [3.05, 3.63) is 0 Å². The molecular weight excluding hydrogens is 114 g/mol. The van der Waals surface area contributed by atoms with Crippen molar-refractivity contribution in [3.63, 3.8) is 0 Å². The predicted octanol–water partition coefficient (Wildman–Crippen LogP) is -0.571. The van der Waals surface area contributed by atoms with Gasteiger partial charge in [-0.15, -0.1) is 0 Å². The Bertz CT molecular complexity index is 76.4. The fourth-order valence-corrected chi connectivity index (χ4v) is 1.06. The lowest BCUT2D eigenvalue weighted by atomic mass is 10.3. The summed E-state index contributed by atoms with van der Waals surface area (Å²) in [5.74, 6) is 0. The molecule has 3 heteroatoms. The first-order chi connectivity index (χ1) is 4.29. The highest BCUT2D eigenvalue weighted by atomic mass is 15.5. The third-order valence-electron chi connectivity index (χ3n) is 1.43. The van der Waals surface area contributed by atoms with Crippen LogP contribution in [-0.4, -0.2) is 38.2 Å². The fraction of sp³-hybridized carbons (Fsp3) is 1.00. The molecule has 1 aliphatic heterocycles. The Balaban J connectivity index is 2.11. The van der Waals surface area contributed by atoms with Gasteiger partial charge >= 0.3 is 0 Å². The second-order valence-corrected chi connectivity index (χ2v) is 2.64. The molecule has 1 unspecified atom stereocenters. The van der Waals surface area contributed by atoms with E-state index < -0.39 is 0 Å². The number of hydrogen-bond acceptors (Lipinski definition) is 2. The molecule has 3 nitrogen and oxygen atoms in total. The van der Waals surface area contributed by atoms with Crippen LogP contribution in [0.25, 0.3) is 0 Å². The van der Waals surface area contributed by atoms with Crippen LogP contribution < -0.4 is 10.7 Å². The smallest absolute Gasteiger partial charge is 0.0369 e. The van der Waals surface area contributed by atoms with E-state index >= 15 is 0 Å². The highest BCUT2D eigenvalue weighted by molar-refractivity contribution is 4.74. The average Bonchev–Trinajstić information content (AvgIpc) is 2.15. The van der Waals surface area contributed by atoms with Crippen LogP contribution in [0.4, 0.5) is 0 Å². The first-order valence-corrected chi connectivity index (χ1v) is 3.36. The number of hydrogen-bond donors (Lipinski definition) is 1. The van der Waals surface area contributed by atoms with Gasteiger partial charge in [-0.2, -0.15) is 0 Å². The zero-order valence-electron chi connectivity index (χ0n) is 6.09. The van der Waals surface area contributed by atoms with Crippen LogP contribution in [0.3, 0.4) is 0 Å². The Morgan fingerprint density at radius 2 is 2.33 bits per heavy atom. The molecule has 0 amide bonds. The standard InChI is InChI=1S/C6H14N3/c1-9(2)8-6-3-4-7-5-6/h6,8H,3-5H2,1-2H3. The molecule has 0 bridgehead atoms. The van der Waals surface area contributed by atoms with Gasteiger partial charge in [0, 0.05) is 33.2 Å². The molecule has 0 saturated carbocycles. The molecule has 1 saturated heterocycles. The van der Waals surface area contributed by atoms with Crippen LogP contribution in [-0.2, 0) is 0 Å². The second-order valence-electron chi connectivity index (χ2n) is 2.64. The number of nitrogens with one attached hydrogen (secondary N) is 1. The maximum Gasteiger partial charge on any atom is 0.0369 e. The summed E-state index contributed by atoms with van der Waals surface area (Å²) in [7, 11) is 4.02. The molecule has 9 heavy (non-hydrogen) atoms. The zero-order valence-corrected chi connectivity index (χ0v) is 6.09. The average molecular weight is 128 g/mol. The maximum absolute atomic E-state index is 4.23. The monoisotopic (exact) mass is 128 g/mol. The third kappa shape index (κ3) is 2.30. The largest absolute Gasteiger partial charge is 0.251 e. The van der Waals surface area contributed by atoms with Crippen LogP contribution >= 0.6 is 0 Å². The minimum absolute atomic E-state index is 0.597. The van der Waals surface area contributed by atoms with Crippen molar-refractivity contribution in [2.24, 2.45) is 0 Å². The molecule has 53 valence electrons. The molecule has 1 atom stereocenters. The Morgan fingerprint density at radius 3 is 2.78 bits per heavy atom. The predicted molar refractivity (Wildman–Crippen MR) is 37.1 cm³/mol. The molecule has 0 spiro atoms. The van der Waals surface area contributed by atoms with E-state index in [2.05, 4.69) is 10.7 Å². The molecule has 1 aliphatic rings. The molecule has 0 aromatic rings. The minimum atomic E-state index is 0.597. The quantitative estimate of drug-likeness (QED) is 0.505.